The summed E-state index contributed by atoms with van der Waals surface area (Å²) >= 11 is 1.47. The number of thiophene rings is 1. The molecular formula is C18H15NO4S. The van der Waals surface area contributed by atoms with Crippen molar-refractivity contribution < 1.29 is 19.0 Å². The van der Waals surface area contributed by atoms with Gasteiger partial charge >= 0.3 is 5.97 Å². The molecule has 6 heteroatoms. The third kappa shape index (κ3) is 3.38. The normalized spacial score (nSPS) is 15.1. The van der Waals surface area contributed by atoms with E-state index in [2.05, 4.69) is 11.6 Å². The van der Waals surface area contributed by atoms with Crippen molar-refractivity contribution in [1.29, 1.82) is 0 Å². The van der Waals surface area contributed by atoms with Crippen LogP contribution in [0, 0.1) is 0 Å². The largest absolute Gasteiger partial charge is 0.493 e. The van der Waals surface area contributed by atoms with Gasteiger partial charge in [-0.1, -0.05) is 24.8 Å². The zero-order valence-electron chi connectivity index (χ0n) is 13.0. The number of aliphatic imine (C=N–C) groups is 1. The van der Waals surface area contributed by atoms with Gasteiger partial charge in [0.05, 0.1) is 12.0 Å². The number of hydrogen-bond acceptors (Lipinski definition) is 6. The smallest absolute Gasteiger partial charge is 0.363 e. The van der Waals surface area contributed by atoms with Crippen molar-refractivity contribution >= 4 is 29.3 Å². The maximum Gasteiger partial charge on any atom is 0.363 e. The lowest BCUT2D eigenvalue weighted by molar-refractivity contribution is -0.129. The van der Waals surface area contributed by atoms with Crippen LogP contribution in [0.1, 0.15) is 10.4 Å². The Balaban J connectivity index is 1.88. The maximum atomic E-state index is 12.0. The van der Waals surface area contributed by atoms with E-state index in [1.165, 1.54) is 11.3 Å². The van der Waals surface area contributed by atoms with E-state index in [0.717, 1.165) is 10.4 Å². The molecule has 0 radical (unpaired) electrons. The first-order chi connectivity index (χ1) is 11.7. The Bertz CT molecular complexity index is 822. The van der Waals surface area contributed by atoms with Gasteiger partial charge in [-0.05, 0) is 35.2 Å². The van der Waals surface area contributed by atoms with Crippen LogP contribution < -0.4 is 9.47 Å². The first-order valence-corrected chi connectivity index (χ1v) is 8.07. The molecule has 5 nitrogen and oxygen atoms in total. The molecule has 0 saturated carbocycles. The Morgan fingerprint density at radius 3 is 2.92 bits per heavy atom. The Hall–Kier alpha value is -2.86. The highest BCUT2D eigenvalue weighted by Crippen LogP contribution is 2.30. The number of benzene rings is 1. The van der Waals surface area contributed by atoms with Crippen molar-refractivity contribution in [2.24, 2.45) is 4.99 Å². The van der Waals surface area contributed by atoms with E-state index in [1.54, 1.807) is 31.4 Å². The number of ether oxygens (including phenoxy) is 3. The van der Waals surface area contributed by atoms with Gasteiger partial charge in [0.2, 0.25) is 5.90 Å². The molecule has 1 aromatic heterocycles. The van der Waals surface area contributed by atoms with Gasteiger partial charge in [-0.3, -0.25) is 0 Å². The van der Waals surface area contributed by atoms with E-state index in [0.29, 0.717) is 24.0 Å². The highest BCUT2D eigenvalue weighted by Gasteiger charge is 2.24. The van der Waals surface area contributed by atoms with Crippen LogP contribution in [0.4, 0.5) is 0 Å². The molecule has 1 aliphatic rings. The van der Waals surface area contributed by atoms with Crippen molar-refractivity contribution in [2.45, 2.75) is 0 Å². The molecule has 1 aromatic carbocycles. The number of cyclic esters (lactones) is 1. The second-order valence-corrected chi connectivity index (χ2v) is 5.77. The first-order valence-electron chi connectivity index (χ1n) is 7.19. The van der Waals surface area contributed by atoms with E-state index in [1.807, 2.05) is 23.6 Å². The summed E-state index contributed by atoms with van der Waals surface area (Å²) in [6.07, 6.45) is 3.31. The van der Waals surface area contributed by atoms with E-state index in [9.17, 15) is 4.79 Å². The van der Waals surface area contributed by atoms with Gasteiger partial charge in [0.15, 0.2) is 17.2 Å². The zero-order valence-corrected chi connectivity index (χ0v) is 13.8. The minimum absolute atomic E-state index is 0.250. The van der Waals surface area contributed by atoms with Crippen molar-refractivity contribution in [3.05, 3.63) is 64.5 Å². The van der Waals surface area contributed by atoms with Gasteiger partial charge in [-0.15, -0.1) is 11.3 Å². The molecule has 0 bridgehead atoms. The quantitative estimate of drug-likeness (QED) is 0.457. The molecular weight excluding hydrogens is 326 g/mol. The second kappa shape index (κ2) is 7.14. The molecule has 0 N–H and O–H groups in total. The number of esters is 1. The Morgan fingerprint density at radius 2 is 2.21 bits per heavy atom. The van der Waals surface area contributed by atoms with Crippen LogP contribution in [0.15, 0.2) is 59.1 Å². The van der Waals surface area contributed by atoms with E-state index in [4.69, 9.17) is 14.2 Å². The van der Waals surface area contributed by atoms with Crippen LogP contribution in [0.25, 0.3) is 6.08 Å². The fraction of sp³-hybridized carbons (Fsp3) is 0.111. The van der Waals surface area contributed by atoms with Crippen LogP contribution in [0.2, 0.25) is 0 Å². The Kier molecular flexibility index (Phi) is 4.77. The molecule has 0 aliphatic carbocycles. The summed E-state index contributed by atoms with van der Waals surface area (Å²) in [5, 5.41) is 1.90. The molecule has 2 aromatic rings. The van der Waals surface area contributed by atoms with Crippen LogP contribution in [0.5, 0.6) is 11.5 Å². The molecule has 3 rings (SSSR count). The predicted molar refractivity (Wildman–Crippen MR) is 93.6 cm³/mol. The van der Waals surface area contributed by atoms with Gasteiger partial charge < -0.3 is 14.2 Å². The van der Waals surface area contributed by atoms with Crippen LogP contribution in [-0.2, 0) is 9.53 Å². The molecule has 0 fully saturated rings. The molecule has 0 amide bonds. The third-order valence-corrected chi connectivity index (χ3v) is 4.06. The predicted octanol–water partition coefficient (Wildman–Crippen LogP) is 3.67. The minimum Gasteiger partial charge on any atom is -0.493 e. The van der Waals surface area contributed by atoms with Gasteiger partial charge in [0.25, 0.3) is 0 Å². The monoisotopic (exact) mass is 341 g/mol. The number of carbonyl (C=O) groups excluding carboxylic acids is 1. The summed E-state index contributed by atoms with van der Waals surface area (Å²) in [5.41, 5.74) is 1.01. The number of rotatable bonds is 6. The molecule has 0 spiro atoms. The first kappa shape index (κ1) is 16.0. The summed E-state index contributed by atoms with van der Waals surface area (Å²) in [4.78, 5) is 17.1. The van der Waals surface area contributed by atoms with Gasteiger partial charge in [-0.2, -0.15) is 0 Å². The topological polar surface area (TPSA) is 57.1 Å². The third-order valence-electron chi connectivity index (χ3n) is 3.20. The highest BCUT2D eigenvalue weighted by molar-refractivity contribution is 7.12. The molecule has 24 heavy (non-hydrogen) atoms. The fourth-order valence-corrected chi connectivity index (χ4v) is 2.76. The van der Waals surface area contributed by atoms with Crippen LogP contribution in [-0.4, -0.2) is 25.6 Å². The number of carbonyl (C=O) groups is 1. The summed E-state index contributed by atoms with van der Waals surface area (Å²) in [7, 11) is 1.56. The van der Waals surface area contributed by atoms with Gasteiger partial charge in [0, 0.05) is 0 Å². The Labute approximate surface area is 143 Å². The van der Waals surface area contributed by atoms with Crippen LogP contribution in [0.3, 0.4) is 0 Å². The molecule has 2 heterocycles. The standard InChI is InChI=1S/C18H15NO4S/c1-3-8-22-14-7-6-12(11-15(14)21-2)10-13-18(20)23-17(19-13)16-5-4-9-24-16/h3-7,9-11H,1,8H2,2H3. The lowest BCUT2D eigenvalue weighted by atomic mass is 10.1. The molecule has 0 atom stereocenters. The van der Waals surface area contributed by atoms with Crippen molar-refractivity contribution in [3.8, 4) is 11.5 Å². The SMILES string of the molecule is C=CCOc1ccc(C=C2N=C(c3cccs3)OC2=O)cc1OC. The summed E-state index contributed by atoms with van der Waals surface area (Å²) in [6, 6.07) is 9.11. The maximum absolute atomic E-state index is 12.0. The highest BCUT2D eigenvalue weighted by atomic mass is 32.1. The van der Waals surface area contributed by atoms with Gasteiger partial charge in [-0.25, -0.2) is 9.79 Å². The van der Waals surface area contributed by atoms with E-state index >= 15 is 0 Å². The Morgan fingerprint density at radius 1 is 1.33 bits per heavy atom. The van der Waals surface area contributed by atoms with E-state index in [-0.39, 0.29) is 5.70 Å². The number of methoxy groups -OCH3 is 1. The minimum atomic E-state index is -0.468. The summed E-state index contributed by atoms with van der Waals surface area (Å²) in [5.74, 6) is 1.04. The summed E-state index contributed by atoms with van der Waals surface area (Å²) < 4.78 is 16.0. The second-order valence-electron chi connectivity index (χ2n) is 4.82. The lowest BCUT2D eigenvalue weighted by Gasteiger charge is -2.09. The summed E-state index contributed by atoms with van der Waals surface area (Å²) in [6.45, 7) is 4.00. The van der Waals surface area contributed by atoms with Crippen molar-refractivity contribution in [3.63, 3.8) is 0 Å². The molecule has 122 valence electrons. The van der Waals surface area contributed by atoms with Gasteiger partial charge in [0.1, 0.15) is 6.61 Å². The average molecular weight is 341 g/mol. The van der Waals surface area contributed by atoms with Crippen molar-refractivity contribution in [1.82, 2.24) is 0 Å². The molecule has 0 saturated heterocycles. The molecule has 1 aliphatic heterocycles. The van der Waals surface area contributed by atoms with Crippen molar-refractivity contribution in [2.75, 3.05) is 13.7 Å². The number of nitrogens with zero attached hydrogens (tertiary/aromatic N) is 1. The molecule has 0 unspecified atom stereocenters. The lowest BCUT2D eigenvalue weighted by Crippen LogP contribution is -2.03. The van der Waals surface area contributed by atoms with Crippen LogP contribution >= 0.6 is 11.3 Å². The van der Waals surface area contributed by atoms with E-state index < -0.39 is 5.97 Å². The zero-order chi connectivity index (χ0) is 16.9. The average Bonchev–Trinajstić information content (AvgIpc) is 3.24. The number of hydrogen-bond donors (Lipinski definition) is 0. The fourth-order valence-electron chi connectivity index (χ4n) is 2.11.